The third kappa shape index (κ3) is 3.77. The lowest BCUT2D eigenvalue weighted by Crippen LogP contribution is -2.48. The van der Waals surface area contributed by atoms with Crippen LogP contribution in [0, 0.1) is 0 Å². The number of aromatic nitrogens is 1. The summed E-state index contributed by atoms with van der Waals surface area (Å²) in [6.45, 7) is 6.17. The van der Waals surface area contributed by atoms with E-state index in [0.717, 1.165) is 18.8 Å². The van der Waals surface area contributed by atoms with Crippen molar-refractivity contribution in [1.82, 2.24) is 9.88 Å². The summed E-state index contributed by atoms with van der Waals surface area (Å²) < 4.78 is 5.33. The van der Waals surface area contributed by atoms with Gasteiger partial charge < -0.3 is 20.0 Å². The van der Waals surface area contributed by atoms with Crippen LogP contribution in [0.2, 0.25) is 0 Å². The SMILES string of the molecule is CCC(N)c1nc(C(=O)N2CCN(c3ccc(C(C)=O)cc3)CC2)co1. The smallest absolute Gasteiger partial charge is 0.275 e. The molecule has 26 heavy (non-hydrogen) atoms. The van der Waals surface area contributed by atoms with E-state index >= 15 is 0 Å². The molecule has 0 bridgehead atoms. The second-order valence-electron chi connectivity index (χ2n) is 6.47. The van der Waals surface area contributed by atoms with Crippen molar-refractivity contribution in [2.75, 3.05) is 31.1 Å². The van der Waals surface area contributed by atoms with Crippen LogP contribution in [0.15, 0.2) is 34.9 Å². The van der Waals surface area contributed by atoms with Gasteiger partial charge in [0.15, 0.2) is 11.5 Å². The van der Waals surface area contributed by atoms with E-state index in [9.17, 15) is 9.59 Å². The van der Waals surface area contributed by atoms with Gasteiger partial charge in [-0.2, -0.15) is 0 Å². The zero-order valence-electron chi connectivity index (χ0n) is 15.1. The summed E-state index contributed by atoms with van der Waals surface area (Å²) in [6, 6.07) is 7.28. The van der Waals surface area contributed by atoms with Gasteiger partial charge in [0.05, 0.1) is 6.04 Å². The Morgan fingerprint density at radius 1 is 1.19 bits per heavy atom. The predicted octanol–water partition coefficient (Wildman–Crippen LogP) is 2.25. The Morgan fingerprint density at radius 2 is 1.85 bits per heavy atom. The fourth-order valence-electron chi connectivity index (χ4n) is 2.97. The van der Waals surface area contributed by atoms with Crippen molar-refractivity contribution in [2.45, 2.75) is 26.3 Å². The molecule has 1 aromatic heterocycles. The summed E-state index contributed by atoms with van der Waals surface area (Å²) in [5.41, 5.74) is 7.96. The number of carbonyl (C=O) groups excluding carboxylic acids is 2. The second-order valence-corrected chi connectivity index (χ2v) is 6.47. The first-order chi connectivity index (χ1) is 12.5. The monoisotopic (exact) mass is 356 g/mol. The van der Waals surface area contributed by atoms with Crippen LogP contribution >= 0.6 is 0 Å². The Morgan fingerprint density at radius 3 is 2.42 bits per heavy atom. The molecule has 2 aromatic rings. The van der Waals surface area contributed by atoms with Crippen molar-refractivity contribution >= 4 is 17.4 Å². The topological polar surface area (TPSA) is 92.7 Å². The van der Waals surface area contributed by atoms with E-state index in [1.807, 2.05) is 31.2 Å². The summed E-state index contributed by atoms with van der Waals surface area (Å²) in [5, 5.41) is 0. The summed E-state index contributed by atoms with van der Waals surface area (Å²) in [6.07, 6.45) is 2.09. The number of hydrogen-bond donors (Lipinski definition) is 1. The van der Waals surface area contributed by atoms with Gasteiger partial charge in [-0.05, 0) is 37.6 Å². The highest BCUT2D eigenvalue weighted by atomic mass is 16.3. The van der Waals surface area contributed by atoms with E-state index in [1.165, 1.54) is 6.26 Å². The highest BCUT2D eigenvalue weighted by Crippen LogP contribution is 2.19. The van der Waals surface area contributed by atoms with E-state index in [0.29, 0.717) is 36.7 Å². The van der Waals surface area contributed by atoms with E-state index < -0.39 is 0 Å². The van der Waals surface area contributed by atoms with Crippen molar-refractivity contribution in [3.8, 4) is 0 Å². The first-order valence-corrected chi connectivity index (χ1v) is 8.85. The van der Waals surface area contributed by atoms with Crippen molar-refractivity contribution in [3.63, 3.8) is 0 Å². The van der Waals surface area contributed by atoms with Gasteiger partial charge in [-0.15, -0.1) is 0 Å². The summed E-state index contributed by atoms with van der Waals surface area (Å²) >= 11 is 0. The fraction of sp³-hybridized carbons (Fsp3) is 0.421. The lowest BCUT2D eigenvalue weighted by Gasteiger charge is -2.35. The van der Waals surface area contributed by atoms with Crippen LogP contribution in [0.5, 0.6) is 0 Å². The van der Waals surface area contributed by atoms with Crippen molar-refractivity contribution < 1.29 is 14.0 Å². The average molecular weight is 356 g/mol. The maximum absolute atomic E-state index is 12.6. The third-order valence-corrected chi connectivity index (χ3v) is 4.70. The molecule has 7 heteroatoms. The van der Waals surface area contributed by atoms with Gasteiger partial charge in [0.1, 0.15) is 6.26 Å². The molecule has 1 fully saturated rings. The van der Waals surface area contributed by atoms with Crippen molar-refractivity contribution in [3.05, 3.63) is 47.7 Å². The minimum Gasteiger partial charge on any atom is -0.446 e. The standard InChI is InChI=1S/C19H24N4O3/c1-3-16(20)18-21-17(12-26-18)19(25)23-10-8-22(9-11-23)15-6-4-14(5-7-15)13(2)24/h4-7,12,16H,3,8-11,20H2,1-2H3. The molecule has 1 aromatic carbocycles. The lowest BCUT2D eigenvalue weighted by molar-refractivity contribution is 0.0740. The number of ketones is 1. The third-order valence-electron chi connectivity index (χ3n) is 4.70. The molecule has 0 radical (unpaired) electrons. The molecule has 1 saturated heterocycles. The first kappa shape index (κ1) is 18.1. The van der Waals surface area contributed by atoms with E-state index in [1.54, 1.807) is 11.8 Å². The minimum atomic E-state index is -0.286. The Hall–Kier alpha value is -2.67. The second kappa shape index (κ2) is 7.70. The number of benzene rings is 1. The Bertz CT molecular complexity index is 776. The molecule has 1 unspecified atom stereocenters. The van der Waals surface area contributed by atoms with Crippen molar-refractivity contribution in [1.29, 1.82) is 0 Å². The molecule has 1 atom stereocenters. The average Bonchev–Trinajstić information content (AvgIpc) is 3.17. The number of nitrogens with two attached hydrogens (primary N) is 1. The Balaban J connectivity index is 1.60. The van der Waals surface area contributed by atoms with Crippen LogP contribution in [-0.4, -0.2) is 47.8 Å². The summed E-state index contributed by atoms with van der Waals surface area (Å²) in [7, 11) is 0. The van der Waals surface area contributed by atoms with E-state index in [2.05, 4.69) is 9.88 Å². The quantitative estimate of drug-likeness (QED) is 0.826. The normalized spacial score (nSPS) is 15.8. The molecule has 0 aliphatic carbocycles. The molecule has 3 rings (SSSR count). The number of amides is 1. The summed E-state index contributed by atoms with van der Waals surface area (Å²) in [5.74, 6) is 0.330. The summed E-state index contributed by atoms with van der Waals surface area (Å²) in [4.78, 5) is 32.2. The number of rotatable bonds is 5. The largest absolute Gasteiger partial charge is 0.446 e. The molecule has 2 heterocycles. The van der Waals surface area contributed by atoms with Gasteiger partial charge in [-0.25, -0.2) is 4.98 Å². The lowest BCUT2D eigenvalue weighted by atomic mass is 10.1. The van der Waals surface area contributed by atoms with Gasteiger partial charge in [-0.3, -0.25) is 9.59 Å². The van der Waals surface area contributed by atoms with E-state index in [4.69, 9.17) is 10.2 Å². The van der Waals surface area contributed by atoms with Crippen LogP contribution in [0.1, 0.15) is 53.0 Å². The molecular weight excluding hydrogens is 332 g/mol. The molecule has 1 aliphatic heterocycles. The van der Waals surface area contributed by atoms with Crippen LogP contribution in [-0.2, 0) is 0 Å². The maximum Gasteiger partial charge on any atom is 0.275 e. The maximum atomic E-state index is 12.6. The molecule has 0 saturated carbocycles. The van der Waals surface area contributed by atoms with Gasteiger partial charge >= 0.3 is 0 Å². The minimum absolute atomic E-state index is 0.0572. The first-order valence-electron chi connectivity index (χ1n) is 8.85. The van der Waals surface area contributed by atoms with E-state index in [-0.39, 0.29) is 17.7 Å². The molecule has 2 N–H and O–H groups in total. The highest BCUT2D eigenvalue weighted by molar-refractivity contribution is 5.94. The van der Waals surface area contributed by atoms with Crippen LogP contribution < -0.4 is 10.6 Å². The number of hydrogen-bond acceptors (Lipinski definition) is 6. The molecule has 7 nitrogen and oxygen atoms in total. The van der Waals surface area contributed by atoms with Crippen LogP contribution in [0.4, 0.5) is 5.69 Å². The Kier molecular flexibility index (Phi) is 5.37. The van der Waals surface area contributed by atoms with Gasteiger partial charge in [0.25, 0.3) is 5.91 Å². The molecule has 1 amide bonds. The Labute approximate surface area is 152 Å². The van der Waals surface area contributed by atoms with Gasteiger partial charge in [0, 0.05) is 37.4 Å². The van der Waals surface area contributed by atoms with Crippen molar-refractivity contribution in [2.24, 2.45) is 5.73 Å². The van der Waals surface area contributed by atoms with Crippen LogP contribution in [0.25, 0.3) is 0 Å². The molecular formula is C19H24N4O3. The molecule has 138 valence electrons. The fourth-order valence-corrected chi connectivity index (χ4v) is 2.97. The number of nitrogens with zero attached hydrogens (tertiary/aromatic N) is 3. The highest BCUT2D eigenvalue weighted by Gasteiger charge is 2.25. The van der Waals surface area contributed by atoms with Crippen LogP contribution in [0.3, 0.4) is 0 Å². The number of oxazole rings is 1. The number of Topliss-reactive ketones (excluding diaryl/α,β-unsaturated/α-hetero) is 1. The van der Waals surface area contributed by atoms with Gasteiger partial charge in [-0.1, -0.05) is 6.92 Å². The zero-order chi connectivity index (χ0) is 18.7. The number of piperazine rings is 1. The molecule has 1 aliphatic rings. The molecule has 0 spiro atoms. The predicted molar refractivity (Wildman–Crippen MR) is 98.3 cm³/mol. The number of anilines is 1. The number of carbonyl (C=O) groups is 2. The van der Waals surface area contributed by atoms with Gasteiger partial charge in [0.2, 0.25) is 5.89 Å². The zero-order valence-corrected chi connectivity index (χ0v) is 15.1.